The van der Waals surface area contributed by atoms with E-state index in [1.165, 1.54) is 17.7 Å². The number of nitrogens with one attached hydrogen (secondary N) is 1. The third kappa shape index (κ3) is 6.51. The molecule has 2 N–H and O–H groups in total. The van der Waals surface area contributed by atoms with Crippen molar-refractivity contribution in [2.75, 3.05) is 26.5 Å². The summed E-state index contributed by atoms with van der Waals surface area (Å²) >= 11 is 0. The Balaban J connectivity index is 0.000000552. The van der Waals surface area contributed by atoms with Crippen molar-refractivity contribution >= 4 is 18.4 Å². The molecule has 2 atom stereocenters. The van der Waals surface area contributed by atoms with Gasteiger partial charge in [0.05, 0.1) is 6.61 Å². The second-order valence-electron chi connectivity index (χ2n) is 6.76. The van der Waals surface area contributed by atoms with Crippen LogP contribution in [-0.4, -0.2) is 37.6 Å². The molecule has 0 radical (unpaired) electrons. The van der Waals surface area contributed by atoms with Crippen LogP contribution >= 0.6 is 12.4 Å². The lowest BCUT2D eigenvalue weighted by Gasteiger charge is -2.32. The molecule has 0 amide bonds. The van der Waals surface area contributed by atoms with Gasteiger partial charge < -0.3 is 24.6 Å². The van der Waals surface area contributed by atoms with Crippen molar-refractivity contribution in [1.29, 1.82) is 0 Å². The Morgan fingerprint density at radius 2 is 1.90 bits per heavy atom. The number of halogens is 2. The molecule has 0 saturated carbocycles. The predicted molar refractivity (Wildman–Crippen MR) is 109 cm³/mol. The number of piperidine rings is 1. The van der Waals surface area contributed by atoms with Gasteiger partial charge in [0, 0.05) is 25.5 Å². The largest absolute Gasteiger partial charge is 0.493 e. The van der Waals surface area contributed by atoms with E-state index in [4.69, 9.17) is 24.1 Å². The highest BCUT2D eigenvalue weighted by Crippen LogP contribution is 2.36. The first-order valence-corrected chi connectivity index (χ1v) is 9.21. The highest BCUT2D eigenvalue weighted by Gasteiger charge is 2.27. The molecule has 0 bridgehead atoms. The lowest BCUT2D eigenvalue weighted by molar-refractivity contribution is -0.134. The van der Waals surface area contributed by atoms with Gasteiger partial charge in [0.1, 0.15) is 11.6 Å². The van der Waals surface area contributed by atoms with Crippen LogP contribution in [-0.2, 0) is 4.79 Å². The molecule has 8 heteroatoms. The molecule has 0 aliphatic carbocycles. The zero-order chi connectivity index (χ0) is 19.9. The van der Waals surface area contributed by atoms with E-state index in [0.717, 1.165) is 43.7 Å². The molecule has 1 saturated heterocycles. The molecule has 0 unspecified atom stereocenters. The maximum Gasteiger partial charge on any atom is 0.300 e. The van der Waals surface area contributed by atoms with Crippen molar-refractivity contribution < 1.29 is 28.5 Å². The standard InChI is InChI=1S/C19H20FNO3.C2H4O2.ClH/c20-15-3-1-13(2-4-15)17-7-8-21-10-14(17)11-22-16-5-6-18-19(9-16)24-12-23-18;1-2(3)4;/h1-6,9,14,17,21H,7-8,10-12H2;1H3,(H,3,4);1H/t14-,17-;;/m0../s1. The lowest BCUT2D eigenvalue weighted by atomic mass is 9.81. The summed E-state index contributed by atoms with van der Waals surface area (Å²) in [6.45, 7) is 3.82. The molecule has 2 aromatic carbocycles. The molecule has 6 nitrogen and oxygen atoms in total. The Bertz CT molecular complexity index is 798. The summed E-state index contributed by atoms with van der Waals surface area (Å²) in [5.41, 5.74) is 1.18. The Morgan fingerprint density at radius 3 is 2.62 bits per heavy atom. The monoisotopic (exact) mass is 425 g/mol. The molecule has 2 aliphatic heterocycles. The first-order chi connectivity index (χ1) is 13.5. The number of hydrogen-bond donors (Lipinski definition) is 2. The van der Waals surface area contributed by atoms with Crippen molar-refractivity contribution in [3.05, 3.63) is 53.8 Å². The van der Waals surface area contributed by atoms with Crippen molar-refractivity contribution in [3.63, 3.8) is 0 Å². The molecule has 2 heterocycles. The third-order valence-electron chi connectivity index (χ3n) is 4.71. The summed E-state index contributed by atoms with van der Waals surface area (Å²) in [5.74, 6) is 1.95. The van der Waals surface area contributed by atoms with Crippen LogP contribution < -0.4 is 19.5 Å². The lowest BCUT2D eigenvalue weighted by Crippen LogP contribution is -2.38. The highest BCUT2D eigenvalue weighted by atomic mass is 35.5. The van der Waals surface area contributed by atoms with Gasteiger partial charge in [0.15, 0.2) is 11.5 Å². The van der Waals surface area contributed by atoms with E-state index in [1.54, 1.807) is 0 Å². The maximum atomic E-state index is 13.2. The summed E-state index contributed by atoms with van der Waals surface area (Å²) in [6, 6.07) is 12.5. The Hall–Kier alpha value is -2.51. The van der Waals surface area contributed by atoms with Crippen molar-refractivity contribution in [2.45, 2.75) is 19.3 Å². The number of hydrogen-bond acceptors (Lipinski definition) is 5. The molecule has 158 valence electrons. The van der Waals surface area contributed by atoms with E-state index in [-0.39, 0.29) is 25.0 Å². The second kappa shape index (κ2) is 10.9. The number of carbonyl (C=O) groups is 1. The molecule has 0 spiro atoms. The van der Waals surface area contributed by atoms with Gasteiger partial charge in [-0.2, -0.15) is 0 Å². The van der Waals surface area contributed by atoms with E-state index in [9.17, 15) is 4.39 Å². The van der Waals surface area contributed by atoms with Crippen LogP contribution in [0.2, 0.25) is 0 Å². The summed E-state index contributed by atoms with van der Waals surface area (Å²) < 4.78 is 29.9. The van der Waals surface area contributed by atoms with Crippen LogP contribution in [0, 0.1) is 11.7 Å². The number of benzene rings is 2. The summed E-state index contributed by atoms with van der Waals surface area (Å²) in [7, 11) is 0. The number of aliphatic carboxylic acids is 1. The molecule has 2 aromatic rings. The number of carboxylic acid groups (broad SMARTS) is 1. The van der Waals surface area contributed by atoms with Crippen molar-refractivity contribution in [1.82, 2.24) is 5.32 Å². The first kappa shape index (κ1) is 22.8. The Morgan fingerprint density at radius 1 is 1.21 bits per heavy atom. The average molecular weight is 426 g/mol. The van der Waals surface area contributed by atoms with Crippen LogP contribution in [0.4, 0.5) is 4.39 Å². The third-order valence-corrected chi connectivity index (χ3v) is 4.71. The predicted octanol–water partition coefficient (Wildman–Crippen LogP) is 3.84. The first-order valence-electron chi connectivity index (χ1n) is 9.21. The van der Waals surface area contributed by atoms with Gasteiger partial charge in [-0.3, -0.25) is 4.79 Å². The van der Waals surface area contributed by atoms with Gasteiger partial charge in [0.2, 0.25) is 6.79 Å². The van der Waals surface area contributed by atoms with Crippen molar-refractivity contribution in [2.24, 2.45) is 5.92 Å². The normalized spacial score (nSPS) is 19.4. The Kier molecular flexibility index (Phi) is 8.54. The fraction of sp³-hybridized carbons (Fsp3) is 0.381. The maximum absolute atomic E-state index is 13.2. The van der Waals surface area contributed by atoms with Gasteiger partial charge in [0.25, 0.3) is 5.97 Å². The Labute approximate surface area is 175 Å². The highest BCUT2D eigenvalue weighted by molar-refractivity contribution is 5.85. The van der Waals surface area contributed by atoms with Gasteiger partial charge in [-0.25, -0.2) is 4.39 Å². The summed E-state index contributed by atoms with van der Waals surface area (Å²) in [4.78, 5) is 9.00. The summed E-state index contributed by atoms with van der Waals surface area (Å²) in [5, 5.41) is 10.8. The van der Waals surface area contributed by atoms with E-state index < -0.39 is 5.97 Å². The zero-order valence-electron chi connectivity index (χ0n) is 16.1. The molecule has 4 rings (SSSR count). The smallest absolute Gasteiger partial charge is 0.300 e. The number of ether oxygens (including phenoxy) is 3. The second-order valence-corrected chi connectivity index (χ2v) is 6.76. The number of carboxylic acids is 1. The SMILES string of the molecule is CC(=O)O.Cl.Fc1ccc([C@@H]2CCNC[C@H]2COc2ccc3c(c2)OCO3)cc1. The molecule has 2 aliphatic rings. The van der Waals surface area contributed by atoms with Gasteiger partial charge >= 0.3 is 0 Å². The fourth-order valence-corrected chi connectivity index (χ4v) is 3.42. The molecular formula is C21H25ClFNO5. The van der Waals surface area contributed by atoms with Gasteiger partial charge in [-0.15, -0.1) is 12.4 Å². The van der Waals surface area contributed by atoms with Gasteiger partial charge in [-0.05, 0) is 48.7 Å². The van der Waals surface area contributed by atoms with E-state index in [2.05, 4.69) is 5.32 Å². The summed E-state index contributed by atoms with van der Waals surface area (Å²) in [6.07, 6.45) is 1.03. The minimum Gasteiger partial charge on any atom is -0.493 e. The number of rotatable bonds is 4. The minimum absolute atomic E-state index is 0. The topological polar surface area (TPSA) is 77.0 Å². The fourth-order valence-electron chi connectivity index (χ4n) is 3.42. The quantitative estimate of drug-likeness (QED) is 0.775. The van der Waals surface area contributed by atoms with E-state index >= 15 is 0 Å². The van der Waals surface area contributed by atoms with Crippen LogP contribution in [0.3, 0.4) is 0 Å². The molecule has 1 fully saturated rings. The van der Waals surface area contributed by atoms with E-state index in [1.807, 2.05) is 30.3 Å². The van der Waals surface area contributed by atoms with Crippen LogP contribution in [0.15, 0.2) is 42.5 Å². The zero-order valence-corrected chi connectivity index (χ0v) is 16.9. The molecular weight excluding hydrogens is 401 g/mol. The van der Waals surface area contributed by atoms with Gasteiger partial charge in [-0.1, -0.05) is 12.1 Å². The minimum atomic E-state index is -0.833. The molecule has 29 heavy (non-hydrogen) atoms. The van der Waals surface area contributed by atoms with Crippen LogP contribution in [0.25, 0.3) is 0 Å². The van der Waals surface area contributed by atoms with Crippen LogP contribution in [0.5, 0.6) is 17.2 Å². The molecule has 0 aromatic heterocycles. The van der Waals surface area contributed by atoms with Crippen molar-refractivity contribution in [3.8, 4) is 17.2 Å². The number of fused-ring (bicyclic) bond motifs is 1. The average Bonchev–Trinajstić information content (AvgIpc) is 3.15. The van der Waals surface area contributed by atoms with E-state index in [0.29, 0.717) is 18.4 Å². The van der Waals surface area contributed by atoms with Crippen LogP contribution in [0.1, 0.15) is 24.8 Å².